The van der Waals surface area contributed by atoms with Crippen molar-refractivity contribution in [1.82, 2.24) is 9.55 Å². The molecular formula is C21H23F3N2O2. The molecule has 4 nitrogen and oxygen atoms in total. The van der Waals surface area contributed by atoms with Gasteiger partial charge in [0.2, 0.25) is 0 Å². The monoisotopic (exact) mass is 392 g/mol. The van der Waals surface area contributed by atoms with E-state index in [9.17, 15) is 13.2 Å². The average molecular weight is 392 g/mol. The molecule has 0 unspecified atom stereocenters. The predicted molar refractivity (Wildman–Crippen MR) is 102 cm³/mol. The summed E-state index contributed by atoms with van der Waals surface area (Å²) in [5, 5.41) is 0. The van der Waals surface area contributed by atoms with Crippen molar-refractivity contribution in [2.24, 2.45) is 5.92 Å². The summed E-state index contributed by atoms with van der Waals surface area (Å²) in [5.74, 6) is 2.25. The minimum atomic E-state index is -4.36. The van der Waals surface area contributed by atoms with Crippen molar-refractivity contribution in [1.29, 1.82) is 0 Å². The largest absolute Gasteiger partial charge is 0.494 e. The molecule has 0 aliphatic heterocycles. The maximum absolute atomic E-state index is 12.7. The molecule has 150 valence electrons. The van der Waals surface area contributed by atoms with Crippen molar-refractivity contribution in [3.05, 3.63) is 53.9 Å². The van der Waals surface area contributed by atoms with E-state index < -0.39 is 11.7 Å². The third kappa shape index (κ3) is 4.58. The van der Waals surface area contributed by atoms with Crippen LogP contribution in [-0.2, 0) is 19.3 Å². The van der Waals surface area contributed by atoms with Gasteiger partial charge in [-0.05, 0) is 49.2 Å². The van der Waals surface area contributed by atoms with Gasteiger partial charge in [0.1, 0.15) is 23.9 Å². The molecule has 1 heterocycles. The lowest BCUT2D eigenvalue weighted by Crippen LogP contribution is -2.11. The smallest absolute Gasteiger partial charge is 0.416 e. The lowest BCUT2D eigenvalue weighted by Gasteiger charge is -2.13. The van der Waals surface area contributed by atoms with Crippen LogP contribution < -0.4 is 9.47 Å². The van der Waals surface area contributed by atoms with E-state index in [0.29, 0.717) is 18.3 Å². The molecule has 0 aliphatic rings. The van der Waals surface area contributed by atoms with Crippen LogP contribution in [0.5, 0.6) is 11.5 Å². The molecule has 1 aromatic heterocycles. The molecule has 3 rings (SSSR count). The van der Waals surface area contributed by atoms with Crippen LogP contribution in [-0.4, -0.2) is 16.2 Å². The Kier molecular flexibility index (Phi) is 5.82. The fraction of sp³-hybridized carbons (Fsp3) is 0.381. The summed E-state index contributed by atoms with van der Waals surface area (Å²) in [6.07, 6.45) is -4.36. The van der Waals surface area contributed by atoms with E-state index in [-0.39, 0.29) is 6.61 Å². The number of imidazole rings is 1. The maximum Gasteiger partial charge on any atom is 0.416 e. The molecule has 0 N–H and O–H groups in total. The number of ether oxygens (including phenoxy) is 2. The van der Waals surface area contributed by atoms with Gasteiger partial charge in [-0.15, -0.1) is 0 Å². The molecule has 7 heteroatoms. The van der Waals surface area contributed by atoms with Gasteiger partial charge in [-0.3, -0.25) is 0 Å². The summed E-state index contributed by atoms with van der Waals surface area (Å²) in [6, 6.07) is 10.4. The lowest BCUT2D eigenvalue weighted by molar-refractivity contribution is -0.137. The molecular weight excluding hydrogens is 369 g/mol. The first-order valence-corrected chi connectivity index (χ1v) is 9.20. The van der Waals surface area contributed by atoms with E-state index in [1.54, 1.807) is 0 Å². The number of benzene rings is 2. The molecule has 0 atom stereocenters. The number of aromatic nitrogens is 2. The Labute approximate surface area is 161 Å². The van der Waals surface area contributed by atoms with Crippen molar-refractivity contribution in [3.63, 3.8) is 0 Å². The van der Waals surface area contributed by atoms with Crippen LogP contribution >= 0.6 is 0 Å². The summed E-state index contributed by atoms with van der Waals surface area (Å²) in [4.78, 5) is 4.64. The number of hydrogen-bond donors (Lipinski definition) is 0. The first kappa shape index (κ1) is 20.0. The van der Waals surface area contributed by atoms with Gasteiger partial charge in [-0.2, -0.15) is 13.2 Å². The van der Waals surface area contributed by atoms with Gasteiger partial charge in [0, 0.05) is 12.6 Å². The normalized spacial score (nSPS) is 12.0. The second kappa shape index (κ2) is 8.12. The minimum Gasteiger partial charge on any atom is -0.494 e. The summed E-state index contributed by atoms with van der Waals surface area (Å²) in [6.45, 7) is 7.64. The zero-order valence-electron chi connectivity index (χ0n) is 16.1. The van der Waals surface area contributed by atoms with Crippen LogP contribution in [0.1, 0.15) is 32.2 Å². The van der Waals surface area contributed by atoms with E-state index in [1.807, 2.05) is 25.1 Å². The van der Waals surface area contributed by atoms with Crippen LogP contribution in [0.3, 0.4) is 0 Å². The van der Waals surface area contributed by atoms with Crippen LogP contribution in [0.15, 0.2) is 42.5 Å². The van der Waals surface area contributed by atoms with Gasteiger partial charge in [-0.25, -0.2) is 4.98 Å². The first-order chi connectivity index (χ1) is 13.3. The van der Waals surface area contributed by atoms with E-state index in [4.69, 9.17) is 9.47 Å². The number of fused-ring (bicyclic) bond motifs is 1. The van der Waals surface area contributed by atoms with Gasteiger partial charge >= 0.3 is 6.18 Å². The van der Waals surface area contributed by atoms with E-state index in [1.165, 1.54) is 12.1 Å². The first-order valence-electron chi connectivity index (χ1n) is 9.20. The Hall–Kier alpha value is -2.70. The molecule has 0 amide bonds. The predicted octanol–water partition coefficient (Wildman–Crippen LogP) is 5.69. The van der Waals surface area contributed by atoms with Gasteiger partial charge in [-0.1, -0.05) is 13.8 Å². The molecule has 28 heavy (non-hydrogen) atoms. The fourth-order valence-corrected chi connectivity index (χ4v) is 2.98. The molecule has 0 bridgehead atoms. The van der Waals surface area contributed by atoms with Crippen LogP contribution in [0.4, 0.5) is 13.2 Å². The van der Waals surface area contributed by atoms with Crippen molar-refractivity contribution in [3.8, 4) is 11.5 Å². The number of halogens is 3. The summed E-state index contributed by atoms with van der Waals surface area (Å²) in [5.41, 5.74) is 1.08. The van der Waals surface area contributed by atoms with Crippen LogP contribution in [0.25, 0.3) is 11.0 Å². The molecule has 0 saturated carbocycles. The van der Waals surface area contributed by atoms with Gasteiger partial charge in [0.05, 0.1) is 23.2 Å². The van der Waals surface area contributed by atoms with Crippen LogP contribution in [0.2, 0.25) is 0 Å². The number of hydrogen-bond acceptors (Lipinski definition) is 3. The zero-order chi connectivity index (χ0) is 20.3. The summed E-state index contributed by atoms with van der Waals surface area (Å²) >= 11 is 0. The zero-order valence-corrected chi connectivity index (χ0v) is 16.1. The molecule has 0 fully saturated rings. The minimum absolute atomic E-state index is 0.163. The van der Waals surface area contributed by atoms with Crippen LogP contribution in [0, 0.1) is 5.92 Å². The fourth-order valence-electron chi connectivity index (χ4n) is 2.98. The van der Waals surface area contributed by atoms with Crippen molar-refractivity contribution < 1.29 is 22.6 Å². The quantitative estimate of drug-likeness (QED) is 0.518. The molecule has 2 aromatic carbocycles. The highest BCUT2D eigenvalue weighted by Gasteiger charge is 2.30. The van der Waals surface area contributed by atoms with Crippen molar-refractivity contribution >= 4 is 11.0 Å². The standard InChI is InChI=1S/C21H23F3N2O2/c1-4-27-17-9-10-18-19(11-17)26(12-14(2)3)20(25-18)13-28-16-7-5-15(6-8-16)21(22,23)24/h5-11,14H,4,12-13H2,1-3H3. The molecule has 0 spiro atoms. The molecule has 0 saturated heterocycles. The second-order valence-corrected chi connectivity index (χ2v) is 6.93. The Morgan fingerprint density at radius 3 is 2.29 bits per heavy atom. The average Bonchev–Trinajstić information content (AvgIpc) is 2.96. The molecule has 0 radical (unpaired) electrons. The third-order valence-electron chi connectivity index (χ3n) is 4.21. The SMILES string of the molecule is CCOc1ccc2nc(COc3ccc(C(F)(F)F)cc3)n(CC(C)C)c2c1. The second-order valence-electron chi connectivity index (χ2n) is 6.93. The topological polar surface area (TPSA) is 36.3 Å². The highest BCUT2D eigenvalue weighted by molar-refractivity contribution is 5.77. The molecule has 3 aromatic rings. The molecule has 0 aliphatic carbocycles. The van der Waals surface area contributed by atoms with E-state index >= 15 is 0 Å². The Bertz CT molecular complexity index is 931. The van der Waals surface area contributed by atoms with E-state index in [2.05, 4.69) is 23.4 Å². The Morgan fingerprint density at radius 2 is 1.68 bits per heavy atom. The van der Waals surface area contributed by atoms with Crippen molar-refractivity contribution in [2.75, 3.05) is 6.61 Å². The van der Waals surface area contributed by atoms with Crippen molar-refractivity contribution in [2.45, 2.75) is 40.1 Å². The Balaban J connectivity index is 1.85. The number of rotatable bonds is 7. The summed E-state index contributed by atoms with van der Waals surface area (Å²) < 4.78 is 51.4. The summed E-state index contributed by atoms with van der Waals surface area (Å²) in [7, 11) is 0. The van der Waals surface area contributed by atoms with E-state index in [0.717, 1.165) is 41.3 Å². The van der Waals surface area contributed by atoms with Gasteiger partial charge in [0.15, 0.2) is 0 Å². The lowest BCUT2D eigenvalue weighted by atomic mass is 10.2. The highest BCUT2D eigenvalue weighted by atomic mass is 19.4. The third-order valence-corrected chi connectivity index (χ3v) is 4.21. The van der Waals surface area contributed by atoms with Gasteiger partial charge < -0.3 is 14.0 Å². The highest BCUT2D eigenvalue weighted by Crippen LogP contribution is 2.30. The van der Waals surface area contributed by atoms with Gasteiger partial charge in [0.25, 0.3) is 0 Å². The Morgan fingerprint density at radius 1 is 1.00 bits per heavy atom. The maximum atomic E-state index is 12.7. The number of alkyl halides is 3. The number of nitrogens with zero attached hydrogens (tertiary/aromatic N) is 2.